The number of nitrogens with zero attached hydrogens (tertiary/aromatic N) is 2. The molecule has 6 heteroatoms. The number of rotatable bonds is 8. The topological polar surface area (TPSA) is 65.4 Å². The van der Waals surface area contributed by atoms with Crippen LogP contribution in [0.5, 0.6) is 11.5 Å². The third-order valence-corrected chi connectivity index (χ3v) is 3.98. The zero-order valence-electron chi connectivity index (χ0n) is 14.6. The van der Waals surface area contributed by atoms with Crippen LogP contribution >= 0.6 is 0 Å². The molecule has 0 aliphatic carbocycles. The van der Waals surface area contributed by atoms with Crippen molar-refractivity contribution in [3.63, 3.8) is 0 Å². The lowest BCUT2D eigenvalue weighted by Gasteiger charge is -2.11. The van der Waals surface area contributed by atoms with Gasteiger partial charge in [-0.05, 0) is 42.5 Å². The highest BCUT2D eigenvalue weighted by molar-refractivity contribution is 5.86. The molecule has 0 spiro atoms. The minimum Gasteiger partial charge on any atom is -0.497 e. The summed E-state index contributed by atoms with van der Waals surface area (Å²) in [4.78, 5) is 16.1. The summed E-state index contributed by atoms with van der Waals surface area (Å²) < 4.78 is 13.0. The van der Waals surface area contributed by atoms with Gasteiger partial charge in [-0.3, -0.25) is 4.79 Å². The number of carbonyl (C=O) groups excluding carboxylic acids is 1. The van der Waals surface area contributed by atoms with Gasteiger partial charge in [0, 0.05) is 0 Å². The number of benzene rings is 2. The van der Waals surface area contributed by atoms with Crippen LogP contribution in [0, 0.1) is 0 Å². The van der Waals surface area contributed by atoms with Crippen LogP contribution in [0.2, 0.25) is 0 Å². The predicted octanol–water partition coefficient (Wildman–Crippen LogP) is 2.93. The van der Waals surface area contributed by atoms with E-state index in [1.165, 1.54) is 6.08 Å². The van der Waals surface area contributed by atoms with Gasteiger partial charge in [0.25, 0.3) is 0 Å². The van der Waals surface area contributed by atoms with Crippen molar-refractivity contribution in [2.75, 3.05) is 13.7 Å². The molecule has 0 radical (unpaired) electrons. The summed E-state index contributed by atoms with van der Waals surface area (Å²) in [6.45, 7) is 4.90. The average Bonchev–Trinajstić information content (AvgIpc) is 3.04. The second-order valence-corrected chi connectivity index (χ2v) is 5.61. The highest BCUT2D eigenvalue weighted by Crippen LogP contribution is 2.18. The lowest BCUT2D eigenvalue weighted by molar-refractivity contribution is -0.116. The Morgan fingerprint density at radius 2 is 1.92 bits per heavy atom. The highest BCUT2D eigenvalue weighted by Gasteiger charge is 2.11. The van der Waals surface area contributed by atoms with Crippen molar-refractivity contribution in [3.05, 3.63) is 67.0 Å². The largest absolute Gasteiger partial charge is 0.497 e. The van der Waals surface area contributed by atoms with E-state index >= 15 is 0 Å². The maximum absolute atomic E-state index is 11.5. The summed E-state index contributed by atoms with van der Waals surface area (Å²) in [6, 6.07) is 15.3. The number of fused-ring (bicyclic) bond motifs is 1. The summed E-state index contributed by atoms with van der Waals surface area (Å²) in [5, 5.41) is 2.78. The Kier molecular flexibility index (Phi) is 5.53. The van der Waals surface area contributed by atoms with Crippen LogP contribution in [0.25, 0.3) is 11.0 Å². The quantitative estimate of drug-likeness (QED) is 0.634. The molecule has 0 unspecified atom stereocenters. The normalized spacial score (nSPS) is 10.5. The molecule has 3 rings (SSSR count). The fourth-order valence-corrected chi connectivity index (χ4v) is 2.67. The Labute approximate surface area is 152 Å². The predicted molar refractivity (Wildman–Crippen MR) is 100 cm³/mol. The Hall–Kier alpha value is -3.28. The van der Waals surface area contributed by atoms with Gasteiger partial charge in [0.05, 0.1) is 31.2 Å². The van der Waals surface area contributed by atoms with E-state index in [-0.39, 0.29) is 5.91 Å². The first-order valence-corrected chi connectivity index (χ1v) is 8.32. The molecule has 1 N–H and O–H groups in total. The molecule has 134 valence electrons. The molecule has 0 aliphatic heterocycles. The van der Waals surface area contributed by atoms with Crippen molar-refractivity contribution in [2.24, 2.45) is 0 Å². The van der Waals surface area contributed by atoms with Gasteiger partial charge < -0.3 is 19.4 Å². The van der Waals surface area contributed by atoms with Gasteiger partial charge in [-0.1, -0.05) is 18.7 Å². The summed E-state index contributed by atoms with van der Waals surface area (Å²) in [5.41, 5.74) is 1.90. The molecule has 0 aliphatic rings. The molecular weight excluding hydrogens is 330 g/mol. The van der Waals surface area contributed by atoms with Gasteiger partial charge in [-0.25, -0.2) is 4.98 Å². The molecule has 0 fully saturated rings. The molecule has 0 saturated carbocycles. The van der Waals surface area contributed by atoms with Crippen molar-refractivity contribution in [1.82, 2.24) is 14.9 Å². The smallest absolute Gasteiger partial charge is 0.243 e. The molecule has 0 saturated heterocycles. The number of amides is 1. The molecule has 6 nitrogen and oxygen atoms in total. The van der Waals surface area contributed by atoms with E-state index < -0.39 is 0 Å². The van der Waals surface area contributed by atoms with Crippen LogP contribution < -0.4 is 14.8 Å². The Bertz CT molecular complexity index is 900. The van der Waals surface area contributed by atoms with E-state index in [0.29, 0.717) is 19.7 Å². The van der Waals surface area contributed by atoms with Crippen LogP contribution in [0.1, 0.15) is 5.82 Å². The average molecular weight is 351 g/mol. The zero-order chi connectivity index (χ0) is 18.4. The lowest BCUT2D eigenvalue weighted by Crippen LogP contribution is -2.23. The van der Waals surface area contributed by atoms with Crippen LogP contribution in [-0.2, 0) is 17.9 Å². The van der Waals surface area contributed by atoms with Crippen LogP contribution in [0.15, 0.2) is 61.2 Å². The molecule has 1 heterocycles. The highest BCUT2D eigenvalue weighted by atomic mass is 16.5. The van der Waals surface area contributed by atoms with Crippen molar-refractivity contribution in [2.45, 2.75) is 13.1 Å². The fraction of sp³-hybridized carbons (Fsp3) is 0.200. The van der Waals surface area contributed by atoms with E-state index in [1.54, 1.807) is 7.11 Å². The number of hydrogen-bond acceptors (Lipinski definition) is 4. The van der Waals surface area contributed by atoms with E-state index in [1.807, 2.05) is 48.5 Å². The molecule has 1 aromatic heterocycles. The molecule has 3 aromatic rings. The van der Waals surface area contributed by atoms with Crippen molar-refractivity contribution in [3.8, 4) is 11.5 Å². The first-order chi connectivity index (χ1) is 12.7. The summed E-state index contributed by atoms with van der Waals surface area (Å²) in [6.07, 6.45) is 1.25. The van der Waals surface area contributed by atoms with Gasteiger partial charge in [0.15, 0.2) is 0 Å². The number of ether oxygens (including phenoxy) is 2. The van der Waals surface area contributed by atoms with Gasteiger partial charge >= 0.3 is 0 Å². The van der Waals surface area contributed by atoms with Crippen molar-refractivity contribution < 1.29 is 14.3 Å². The van der Waals surface area contributed by atoms with Crippen LogP contribution in [0.4, 0.5) is 0 Å². The van der Waals surface area contributed by atoms with Gasteiger partial charge in [0.1, 0.15) is 23.9 Å². The first kappa shape index (κ1) is 17.5. The summed E-state index contributed by atoms with van der Waals surface area (Å²) >= 11 is 0. The summed E-state index contributed by atoms with van der Waals surface area (Å²) in [7, 11) is 1.63. The Balaban J connectivity index is 1.72. The van der Waals surface area contributed by atoms with Crippen LogP contribution in [0.3, 0.4) is 0 Å². The third-order valence-electron chi connectivity index (χ3n) is 3.98. The molecule has 2 aromatic carbocycles. The second-order valence-electron chi connectivity index (χ2n) is 5.61. The fourth-order valence-electron chi connectivity index (χ4n) is 2.67. The number of methoxy groups -OCH3 is 1. The summed E-state index contributed by atoms with van der Waals surface area (Å²) in [5.74, 6) is 2.12. The monoisotopic (exact) mass is 351 g/mol. The zero-order valence-corrected chi connectivity index (χ0v) is 14.6. The van der Waals surface area contributed by atoms with E-state index in [9.17, 15) is 4.79 Å². The van der Waals surface area contributed by atoms with Gasteiger partial charge in [-0.2, -0.15) is 0 Å². The van der Waals surface area contributed by atoms with Gasteiger partial charge in [0.2, 0.25) is 5.91 Å². The van der Waals surface area contributed by atoms with Crippen LogP contribution in [-0.4, -0.2) is 29.2 Å². The van der Waals surface area contributed by atoms with E-state index in [2.05, 4.69) is 21.4 Å². The molecule has 0 atom stereocenters. The molecule has 1 amide bonds. The van der Waals surface area contributed by atoms with E-state index in [0.717, 1.165) is 28.4 Å². The molecular formula is C20H21N3O3. The SMILES string of the molecule is C=CC(=O)NCc1nc2ccccc2n1CCOc1ccc(OC)cc1. The third kappa shape index (κ3) is 4.03. The Morgan fingerprint density at radius 3 is 2.65 bits per heavy atom. The lowest BCUT2D eigenvalue weighted by atomic mass is 10.3. The van der Waals surface area contributed by atoms with Crippen molar-refractivity contribution in [1.29, 1.82) is 0 Å². The minimum atomic E-state index is -0.224. The number of para-hydroxylation sites is 2. The number of carbonyl (C=O) groups is 1. The Morgan fingerprint density at radius 1 is 1.19 bits per heavy atom. The minimum absolute atomic E-state index is 0.224. The molecule has 0 bridgehead atoms. The number of imidazole rings is 1. The van der Waals surface area contributed by atoms with Gasteiger partial charge in [-0.15, -0.1) is 0 Å². The second kappa shape index (κ2) is 8.20. The number of nitrogens with one attached hydrogen (secondary N) is 1. The number of aromatic nitrogens is 2. The van der Waals surface area contributed by atoms with Crippen molar-refractivity contribution >= 4 is 16.9 Å². The first-order valence-electron chi connectivity index (χ1n) is 8.32. The standard InChI is InChI=1S/C20H21N3O3/c1-3-20(24)21-14-19-22-17-6-4-5-7-18(17)23(19)12-13-26-16-10-8-15(25-2)9-11-16/h3-11H,1,12-14H2,2H3,(H,21,24). The van der Waals surface area contributed by atoms with E-state index in [4.69, 9.17) is 9.47 Å². The number of hydrogen-bond donors (Lipinski definition) is 1. The molecule has 26 heavy (non-hydrogen) atoms. The maximum atomic E-state index is 11.5. The maximum Gasteiger partial charge on any atom is 0.243 e.